The molecule has 3 rings (SSSR count). The van der Waals surface area contributed by atoms with Gasteiger partial charge >= 0.3 is 10.1 Å². The molecule has 3 aromatic carbocycles. The van der Waals surface area contributed by atoms with Crippen LogP contribution in [0.5, 0.6) is 11.5 Å². The summed E-state index contributed by atoms with van der Waals surface area (Å²) in [5.74, 6) is -0.170. The Morgan fingerprint density at radius 2 is 1.85 bits per heavy atom. The molecule has 0 aliphatic carbocycles. The van der Waals surface area contributed by atoms with Crippen LogP contribution >= 0.6 is 0 Å². The first-order valence-electron chi connectivity index (χ1n) is 9.47. The van der Waals surface area contributed by atoms with Gasteiger partial charge in [-0.1, -0.05) is 30.3 Å². The largest absolute Gasteiger partial charge is 0.496 e. The van der Waals surface area contributed by atoms with Gasteiger partial charge in [-0.05, 0) is 48.4 Å². The Morgan fingerprint density at radius 1 is 1.09 bits per heavy atom. The van der Waals surface area contributed by atoms with Crippen molar-refractivity contribution in [2.24, 2.45) is 5.10 Å². The summed E-state index contributed by atoms with van der Waals surface area (Å²) in [6.07, 6.45) is 1.29. The number of carbonyl (C=O) groups excluding carboxylic acids is 1. The van der Waals surface area contributed by atoms with Crippen molar-refractivity contribution in [3.8, 4) is 11.5 Å². The molecule has 0 aliphatic rings. The molecule has 3 aromatic rings. The van der Waals surface area contributed by atoms with Crippen LogP contribution in [-0.4, -0.2) is 32.6 Å². The highest BCUT2D eigenvalue weighted by Gasteiger charge is 2.27. The second-order valence-corrected chi connectivity index (χ2v) is 8.25. The second-order valence-electron chi connectivity index (χ2n) is 6.74. The van der Waals surface area contributed by atoms with E-state index < -0.39 is 31.5 Å². The number of nitro groups is 1. The second kappa shape index (κ2) is 9.92. The number of benzene rings is 3. The first-order chi connectivity index (χ1) is 15.7. The van der Waals surface area contributed by atoms with Crippen molar-refractivity contribution in [1.82, 2.24) is 5.43 Å². The van der Waals surface area contributed by atoms with Gasteiger partial charge in [0.2, 0.25) is 0 Å². The van der Waals surface area contributed by atoms with Crippen molar-refractivity contribution in [3.05, 3.63) is 93.5 Å². The Hall–Kier alpha value is -4.25. The number of hydrogen-bond donors (Lipinski definition) is 1. The van der Waals surface area contributed by atoms with Crippen LogP contribution in [0.15, 0.2) is 76.7 Å². The molecule has 170 valence electrons. The number of para-hydroxylation sites is 1. The summed E-state index contributed by atoms with van der Waals surface area (Å²) in [4.78, 5) is 22.1. The lowest BCUT2D eigenvalue weighted by Gasteiger charge is -2.08. The normalized spacial score (nSPS) is 11.2. The van der Waals surface area contributed by atoms with E-state index in [1.807, 2.05) is 6.92 Å². The number of nitrogens with zero attached hydrogens (tertiary/aromatic N) is 2. The third-order valence-corrected chi connectivity index (χ3v) is 5.67. The molecule has 11 heteroatoms. The lowest BCUT2D eigenvalue weighted by molar-refractivity contribution is -0.387. The number of nitro benzene ring substituents is 1. The number of rotatable bonds is 8. The standard InChI is InChI=1S/C22H19N3O7S/c1-15-10-11-18(20(12-15)31-2)22(26)24-23-14-16-6-5-7-17(13-16)32-33(29,30)21-9-4-3-8-19(21)25(27)28/h3-14H,1-2H3,(H,24,26)/b23-14-. The molecule has 0 aromatic heterocycles. The number of methoxy groups -OCH3 is 1. The van der Waals surface area contributed by atoms with Crippen molar-refractivity contribution >= 4 is 27.9 Å². The molecule has 0 atom stereocenters. The van der Waals surface area contributed by atoms with E-state index >= 15 is 0 Å². The van der Waals surface area contributed by atoms with Gasteiger partial charge in [0.05, 0.1) is 23.8 Å². The highest BCUT2D eigenvalue weighted by atomic mass is 32.2. The maximum atomic E-state index is 12.6. The Kier molecular flexibility index (Phi) is 7.04. The van der Waals surface area contributed by atoms with E-state index in [-0.39, 0.29) is 5.75 Å². The summed E-state index contributed by atoms with van der Waals surface area (Å²) >= 11 is 0. The SMILES string of the molecule is COc1cc(C)ccc1C(=O)N/N=C\c1cccc(OS(=O)(=O)c2ccccc2[N+](=O)[O-])c1. The fourth-order valence-electron chi connectivity index (χ4n) is 2.85. The van der Waals surface area contributed by atoms with E-state index in [0.717, 1.165) is 17.7 Å². The number of hydrazone groups is 1. The third-order valence-electron chi connectivity index (χ3n) is 4.38. The fourth-order valence-corrected chi connectivity index (χ4v) is 3.94. The summed E-state index contributed by atoms with van der Waals surface area (Å²) in [7, 11) is -3.00. The Balaban J connectivity index is 1.75. The van der Waals surface area contributed by atoms with Gasteiger partial charge in [-0.15, -0.1) is 0 Å². The summed E-state index contributed by atoms with van der Waals surface area (Å²) in [6.45, 7) is 1.87. The molecule has 0 unspecified atom stereocenters. The van der Waals surface area contributed by atoms with Crippen molar-refractivity contribution in [2.75, 3.05) is 7.11 Å². The van der Waals surface area contributed by atoms with Crippen LogP contribution in [0.4, 0.5) is 5.69 Å². The molecule has 0 spiro atoms. The minimum absolute atomic E-state index is 0.0800. The molecule has 0 fully saturated rings. The van der Waals surface area contributed by atoms with E-state index in [9.17, 15) is 23.3 Å². The summed E-state index contributed by atoms with van der Waals surface area (Å²) in [6, 6.07) is 15.8. The van der Waals surface area contributed by atoms with Gasteiger partial charge in [-0.2, -0.15) is 13.5 Å². The molecule has 0 bridgehead atoms. The van der Waals surface area contributed by atoms with E-state index in [4.69, 9.17) is 8.92 Å². The average Bonchev–Trinajstić information content (AvgIpc) is 2.78. The van der Waals surface area contributed by atoms with Gasteiger partial charge < -0.3 is 8.92 Å². The minimum atomic E-state index is -4.46. The van der Waals surface area contributed by atoms with E-state index in [2.05, 4.69) is 10.5 Å². The molecule has 0 heterocycles. The quantitative estimate of drug-likeness (QED) is 0.231. The third kappa shape index (κ3) is 5.71. The first-order valence-corrected chi connectivity index (χ1v) is 10.9. The monoisotopic (exact) mass is 469 g/mol. The van der Waals surface area contributed by atoms with Gasteiger partial charge in [-0.3, -0.25) is 14.9 Å². The molecule has 0 aliphatic heterocycles. The summed E-state index contributed by atoms with van der Waals surface area (Å²) < 4.78 is 35.4. The Bertz CT molecular complexity index is 1340. The van der Waals surface area contributed by atoms with Crippen molar-refractivity contribution in [1.29, 1.82) is 0 Å². The predicted octanol–water partition coefficient (Wildman–Crippen LogP) is 3.44. The van der Waals surface area contributed by atoms with Crippen LogP contribution in [0, 0.1) is 17.0 Å². The highest BCUT2D eigenvalue weighted by molar-refractivity contribution is 7.87. The first kappa shape index (κ1) is 23.4. The fraction of sp³-hybridized carbons (Fsp3) is 0.0909. The predicted molar refractivity (Wildman–Crippen MR) is 120 cm³/mol. The smallest absolute Gasteiger partial charge is 0.346 e. The molecule has 1 amide bonds. The van der Waals surface area contributed by atoms with Crippen LogP contribution in [0.25, 0.3) is 0 Å². The van der Waals surface area contributed by atoms with Crippen molar-refractivity contribution in [3.63, 3.8) is 0 Å². The molecule has 0 radical (unpaired) electrons. The van der Waals surface area contributed by atoms with Gasteiger partial charge in [0.15, 0.2) is 4.90 Å². The van der Waals surface area contributed by atoms with Crippen LogP contribution in [-0.2, 0) is 10.1 Å². The zero-order chi connectivity index (χ0) is 24.0. The zero-order valence-corrected chi connectivity index (χ0v) is 18.4. The Labute approximate surface area is 189 Å². The van der Waals surface area contributed by atoms with Crippen LogP contribution in [0.1, 0.15) is 21.5 Å². The van der Waals surface area contributed by atoms with E-state index in [1.165, 1.54) is 43.7 Å². The lowest BCUT2D eigenvalue weighted by Crippen LogP contribution is -2.18. The van der Waals surface area contributed by atoms with Gasteiger partial charge in [0, 0.05) is 6.07 Å². The number of hydrogen-bond acceptors (Lipinski definition) is 8. The number of nitrogens with one attached hydrogen (secondary N) is 1. The molecule has 0 saturated heterocycles. The minimum Gasteiger partial charge on any atom is -0.496 e. The summed E-state index contributed by atoms with van der Waals surface area (Å²) in [5, 5.41) is 15.0. The van der Waals surface area contributed by atoms with Crippen molar-refractivity contribution in [2.45, 2.75) is 11.8 Å². The lowest BCUT2D eigenvalue weighted by atomic mass is 10.1. The molecule has 10 nitrogen and oxygen atoms in total. The zero-order valence-electron chi connectivity index (χ0n) is 17.6. The van der Waals surface area contributed by atoms with Crippen LogP contribution in [0.2, 0.25) is 0 Å². The van der Waals surface area contributed by atoms with E-state index in [0.29, 0.717) is 16.9 Å². The molecular formula is C22H19N3O7S. The van der Waals surface area contributed by atoms with Gasteiger partial charge in [0.1, 0.15) is 11.5 Å². The van der Waals surface area contributed by atoms with Gasteiger partial charge in [0.25, 0.3) is 11.6 Å². The highest BCUT2D eigenvalue weighted by Crippen LogP contribution is 2.26. The van der Waals surface area contributed by atoms with Crippen LogP contribution < -0.4 is 14.3 Å². The molecular weight excluding hydrogens is 450 g/mol. The topological polar surface area (TPSA) is 137 Å². The molecule has 33 heavy (non-hydrogen) atoms. The number of ether oxygens (including phenoxy) is 1. The van der Waals surface area contributed by atoms with E-state index in [1.54, 1.807) is 24.3 Å². The number of amides is 1. The van der Waals surface area contributed by atoms with Gasteiger partial charge in [-0.25, -0.2) is 5.43 Å². The summed E-state index contributed by atoms with van der Waals surface area (Å²) in [5.41, 5.74) is 3.43. The molecule has 1 N–H and O–H groups in total. The van der Waals surface area contributed by atoms with Crippen molar-refractivity contribution < 1.29 is 27.1 Å². The van der Waals surface area contributed by atoms with Crippen LogP contribution in [0.3, 0.4) is 0 Å². The maximum Gasteiger partial charge on any atom is 0.346 e. The number of aryl methyl sites for hydroxylation is 1. The molecule has 0 saturated carbocycles. The number of carbonyl (C=O) groups is 1. The maximum absolute atomic E-state index is 12.6. The Morgan fingerprint density at radius 3 is 2.58 bits per heavy atom. The average molecular weight is 469 g/mol.